The van der Waals surface area contributed by atoms with Gasteiger partial charge >= 0.3 is 0 Å². The number of hydrogen-bond donors (Lipinski definition) is 2. The van der Waals surface area contributed by atoms with E-state index >= 15 is 0 Å². The lowest BCUT2D eigenvalue weighted by atomic mass is 10.1. The maximum Gasteiger partial charge on any atom is 0.120 e. The van der Waals surface area contributed by atoms with Crippen molar-refractivity contribution in [2.75, 3.05) is 19.7 Å². The van der Waals surface area contributed by atoms with E-state index in [2.05, 4.69) is 21.2 Å². The zero-order valence-corrected chi connectivity index (χ0v) is 12.7. The van der Waals surface area contributed by atoms with Crippen molar-refractivity contribution in [3.05, 3.63) is 64.6 Å². The average Bonchev–Trinajstić information content (AvgIpc) is 2.48. The van der Waals surface area contributed by atoms with Crippen molar-refractivity contribution in [2.24, 2.45) is 0 Å². The van der Waals surface area contributed by atoms with Crippen LogP contribution in [0.2, 0.25) is 0 Å². The van der Waals surface area contributed by atoms with Gasteiger partial charge in [-0.2, -0.15) is 0 Å². The molecule has 20 heavy (non-hydrogen) atoms. The molecule has 0 aliphatic heterocycles. The molecule has 0 saturated heterocycles. The summed E-state index contributed by atoms with van der Waals surface area (Å²) >= 11 is 3.40. The fourth-order valence-corrected chi connectivity index (χ4v) is 2.21. The van der Waals surface area contributed by atoms with E-state index in [4.69, 9.17) is 4.74 Å². The molecule has 0 saturated carbocycles. The summed E-state index contributed by atoms with van der Waals surface area (Å²) in [5.74, 6) is 0.838. The van der Waals surface area contributed by atoms with Gasteiger partial charge in [-0.25, -0.2) is 0 Å². The first-order valence-electron chi connectivity index (χ1n) is 6.58. The van der Waals surface area contributed by atoms with Crippen LogP contribution in [0, 0.1) is 0 Å². The Kier molecular flexibility index (Phi) is 6.05. The van der Waals surface area contributed by atoms with E-state index in [9.17, 15) is 5.11 Å². The van der Waals surface area contributed by atoms with Gasteiger partial charge in [0.25, 0.3) is 0 Å². The topological polar surface area (TPSA) is 41.5 Å². The molecule has 0 bridgehead atoms. The molecular weight excluding hydrogens is 318 g/mol. The van der Waals surface area contributed by atoms with Crippen molar-refractivity contribution in [2.45, 2.75) is 6.10 Å². The van der Waals surface area contributed by atoms with Gasteiger partial charge in [0.05, 0.1) is 6.10 Å². The van der Waals surface area contributed by atoms with Crippen LogP contribution in [0.15, 0.2) is 59.1 Å². The summed E-state index contributed by atoms with van der Waals surface area (Å²) in [4.78, 5) is 0. The minimum Gasteiger partial charge on any atom is -0.492 e. The maximum absolute atomic E-state index is 9.96. The van der Waals surface area contributed by atoms with Crippen LogP contribution in [0.3, 0.4) is 0 Å². The monoisotopic (exact) mass is 335 g/mol. The normalized spacial score (nSPS) is 12.1. The minimum atomic E-state index is -0.484. The Morgan fingerprint density at radius 1 is 1.10 bits per heavy atom. The Bertz CT molecular complexity index is 519. The zero-order valence-electron chi connectivity index (χ0n) is 11.1. The predicted octanol–water partition coefficient (Wildman–Crippen LogP) is 3.15. The minimum absolute atomic E-state index is 0.484. The Hall–Kier alpha value is -1.36. The largest absolute Gasteiger partial charge is 0.492 e. The number of rotatable bonds is 7. The second-order valence-electron chi connectivity index (χ2n) is 4.44. The van der Waals surface area contributed by atoms with Crippen LogP contribution in [0.4, 0.5) is 0 Å². The summed E-state index contributed by atoms with van der Waals surface area (Å²) < 4.78 is 6.60. The Labute approximate surface area is 127 Å². The molecule has 106 valence electrons. The quantitative estimate of drug-likeness (QED) is 0.764. The molecule has 3 nitrogen and oxygen atoms in total. The van der Waals surface area contributed by atoms with Crippen LogP contribution in [0.5, 0.6) is 5.75 Å². The average molecular weight is 336 g/mol. The number of ether oxygens (including phenoxy) is 1. The molecule has 4 heteroatoms. The molecule has 0 aliphatic carbocycles. The van der Waals surface area contributed by atoms with Crippen molar-refractivity contribution >= 4 is 15.9 Å². The van der Waals surface area contributed by atoms with Crippen LogP contribution in [0.1, 0.15) is 11.7 Å². The van der Waals surface area contributed by atoms with Gasteiger partial charge in [0, 0.05) is 17.6 Å². The summed E-state index contributed by atoms with van der Waals surface area (Å²) in [6.45, 7) is 1.78. The van der Waals surface area contributed by atoms with Crippen molar-refractivity contribution < 1.29 is 9.84 Å². The summed E-state index contributed by atoms with van der Waals surface area (Å²) in [7, 11) is 0. The highest BCUT2D eigenvalue weighted by atomic mass is 79.9. The molecule has 0 spiro atoms. The highest BCUT2D eigenvalue weighted by Crippen LogP contribution is 2.17. The molecule has 0 heterocycles. The van der Waals surface area contributed by atoms with Crippen molar-refractivity contribution in [1.82, 2.24) is 5.32 Å². The summed E-state index contributed by atoms with van der Waals surface area (Å²) in [5, 5.41) is 13.1. The van der Waals surface area contributed by atoms with E-state index in [-0.39, 0.29) is 0 Å². The molecule has 0 aromatic heterocycles. The van der Waals surface area contributed by atoms with E-state index in [1.807, 2.05) is 54.6 Å². The van der Waals surface area contributed by atoms with Crippen molar-refractivity contribution in [3.63, 3.8) is 0 Å². The summed E-state index contributed by atoms with van der Waals surface area (Å²) in [6.07, 6.45) is -0.484. The number of aliphatic hydroxyl groups excluding tert-OH is 1. The predicted molar refractivity (Wildman–Crippen MR) is 83.9 cm³/mol. The molecule has 2 rings (SSSR count). The fourth-order valence-electron chi connectivity index (χ4n) is 1.83. The molecule has 1 atom stereocenters. The smallest absolute Gasteiger partial charge is 0.120 e. The van der Waals surface area contributed by atoms with Crippen LogP contribution in [-0.2, 0) is 0 Å². The second kappa shape index (κ2) is 8.04. The molecule has 0 radical (unpaired) electrons. The molecule has 0 amide bonds. The lowest BCUT2D eigenvalue weighted by molar-refractivity contribution is 0.172. The van der Waals surface area contributed by atoms with Crippen LogP contribution in [0.25, 0.3) is 0 Å². The number of benzene rings is 2. The molecule has 1 unspecified atom stereocenters. The van der Waals surface area contributed by atoms with Gasteiger partial charge < -0.3 is 15.2 Å². The van der Waals surface area contributed by atoms with E-state index in [0.717, 1.165) is 15.8 Å². The first-order chi connectivity index (χ1) is 9.75. The van der Waals surface area contributed by atoms with E-state index in [1.165, 1.54) is 0 Å². The third kappa shape index (κ3) is 4.96. The molecule has 0 aliphatic rings. The highest BCUT2D eigenvalue weighted by molar-refractivity contribution is 9.10. The Morgan fingerprint density at radius 2 is 1.90 bits per heavy atom. The van der Waals surface area contributed by atoms with Gasteiger partial charge in [0.15, 0.2) is 0 Å². The lowest BCUT2D eigenvalue weighted by Gasteiger charge is -2.12. The van der Waals surface area contributed by atoms with Gasteiger partial charge in [-0.05, 0) is 23.8 Å². The molecule has 0 fully saturated rings. The molecular formula is C16H18BrNO2. The zero-order chi connectivity index (χ0) is 14.2. The molecule has 2 N–H and O–H groups in total. The Balaban J connectivity index is 1.64. The van der Waals surface area contributed by atoms with Gasteiger partial charge in [0.2, 0.25) is 0 Å². The maximum atomic E-state index is 9.96. The van der Waals surface area contributed by atoms with E-state index < -0.39 is 6.10 Å². The fraction of sp³-hybridized carbons (Fsp3) is 0.250. The third-order valence-electron chi connectivity index (χ3n) is 2.87. The standard InChI is InChI=1S/C16H18BrNO2/c17-14-7-4-8-15(11-14)20-10-9-18-12-16(19)13-5-2-1-3-6-13/h1-8,11,16,18-19H,9-10,12H2. The lowest BCUT2D eigenvalue weighted by Crippen LogP contribution is -2.26. The third-order valence-corrected chi connectivity index (χ3v) is 3.36. The van der Waals surface area contributed by atoms with Crippen LogP contribution >= 0.6 is 15.9 Å². The van der Waals surface area contributed by atoms with Gasteiger partial charge in [-0.1, -0.05) is 52.3 Å². The van der Waals surface area contributed by atoms with Gasteiger partial charge in [-0.3, -0.25) is 0 Å². The number of aliphatic hydroxyl groups is 1. The number of halogens is 1. The van der Waals surface area contributed by atoms with Crippen molar-refractivity contribution in [3.8, 4) is 5.75 Å². The first-order valence-corrected chi connectivity index (χ1v) is 7.37. The molecule has 2 aromatic carbocycles. The number of nitrogens with one attached hydrogen (secondary N) is 1. The van der Waals surface area contributed by atoms with E-state index in [1.54, 1.807) is 0 Å². The van der Waals surface area contributed by atoms with Gasteiger partial charge in [0.1, 0.15) is 12.4 Å². The molecule has 2 aromatic rings. The summed E-state index contributed by atoms with van der Waals surface area (Å²) in [5.41, 5.74) is 0.924. The van der Waals surface area contributed by atoms with Crippen molar-refractivity contribution in [1.29, 1.82) is 0 Å². The van der Waals surface area contributed by atoms with E-state index in [0.29, 0.717) is 19.7 Å². The Morgan fingerprint density at radius 3 is 2.65 bits per heavy atom. The SMILES string of the molecule is OC(CNCCOc1cccc(Br)c1)c1ccccc1. The van der Waals surface area contributed by atoms with Crippen LogP contribution in [-0.4, -0.2) is 24.8 Å². The second-order valence-corrected chi connectivity index (χ2v) is 5.35. The first kappa shape index (κ1) is 15.0. The highest BCUT2D eigenvalue weighted by Gasteiger charge is 2.05. The van der Waals surface area contributed by atoms with Crippen LogP contribution < -0.4 is 10.1 Å². The number of hydrogen-bond acceptors (Lipinski definition) is 3. The summed E-state index contributed by atoms with van der Waals surface area (Å²) in [6, 6.07) is 17.4. The van der Waals surface area contributed by atoms with Gasteiger partial charge in [-0.15, -0.1) is 0 Å².